The molecule has 0 aromatic rings. The van der Waals surface area contributed by atoms with Crippen LogP contribution in [0, 0.1) is 0 Å². The van der Waals surface area contributed by atoms with Gasteiger partial charge in [-0.1, -0.05) is 0 Å². The highest BCUT2D eigenvalue weighted by Crippen LogP contribution is 2.08. The second-order valence-corrected chi connectivity index (χ2v) is 5.16. The molecule has 0 aromatic carbocycles. The minimum absolute atomic E-state index is 0.446. The van der Waals surface area contributed by atoms with E-state index in [9.17, 15) is 0 Å². The van der Waals surface area contributed by atoms with E-state index in [4.69, 9.17) is 10.5 Å². The van der Waals surface area contributed by atoms with Crippen molar-refractivity contribution < 1.29 is 4.74 Å². The van der Waals surface area contributed by atoms with Crippen LogP contribution in [-0.2, 0) is 4.74 Å². The molecule has 2 unspecified atom stereocenters. The number of methoxy groups -OCH3 is 1. The molecule has 17 heavy (non-hydrogen) atoms. The topological polar surface area (TPSA) is 50.5 Å². The van der Waals surface area contributed by atoms with Gasteiger partial charge in [-0.3, -0.25) is 0 Å². The van der Waals surface area contributed by atoms with Gasteiger partial charge in [0, 0.05) is 25.7 Å². The molecule has 1 fully saturated rings. The third-order valence-corrected chi connectivity index (χ3v) is 3.38. The van der Waals surface area contributed by atoms with Crippen molar-refractivity contribution in [3.8, 4) is 0 Å². The van der Waals surface area contributed by atoms with E-state index in [2.05, 4.69) is 17.1 Å². The van der Waals surface area contributed by atoms with Crippen LogP contribution in [0.15, 0.2) is 0 Å². The molecule has 1 heterocycles. The summed E-state index contributed by atoms with van der Waals surface area (Å²) in [6, 6.07) is 0.979. The number of ether oxygens (including phenoxy) is 1. The van der Waals surface area contributed by atoms with Crippen LogP contribution in [0.25, 0.3) is 0 Å². The van der Waals surface area contributed by atoms with Crippen LogP contribution < -0.4 is 11.1 Å². The molecule has 0 radical (unpaired) electrons. The van der Waals surface area contributed by atoms with E-state index in [1.807, 2.05) is 0 Å². The third kappa shape index (κ3) is 6.36. The molecule has 1 rings (SSSR count). The standard InChI is InChI=1S/C13H29N3O/c1-12(10-16-8-3-4-9-16)15-13(11-17-2)6-5-7-14/h12-13,15H,3-11,14H2,1-2H3. The first-order chi connectivity index (χ1) is 8.26. The first-order valence-corrected chi connectivity index (χ1v) is 6.93. The molecule has 0 aromatic heterocycles. The second-order valence-electron chi connectivity index (χ2n) is 5.16. The zero-order valence-corrected chi connectivity index (χ0v) is 11.5. The van der Waals surface area contributed by atoms with Gasteiger partial charge < -0.3 is 20.7 Å². The molecule has 0 aliphatic carbocycles. The highest BCUT2D eigenvalue weighted by molar-refractivity contribution is 4.76. The normalized spacial score (nSPS) is 20.6. The summed E-state index contributed by atoms with van der Waals surface area (Å²) in [6.07, 6.45) is 4.90. The van der Waals surface area contributed by atoms with E-state index >= 15 is 0 Å². The van der Waals surface area contributed by atoms with Gasteiger partial charge in [-0.15, -0.1) is 0 Å². The summed E-state index contributed by atoms with van der Waals surface area (Å²) in [4.78, 5) is 2.55. The Morgan fingerprint density at radius 3 is 2.65 bits per heavy atom. The molecule has 3 N–H and O–H groups in total. The predicted molar refractivity (Wildman–Crippen MR) is 72.2 cm³/mol. The Labute approximate surface area is 106 Å². The van der Waals surface area contributed by atoms with Crippen LogP contribution >= 0.6 is 0 Å². The predicted octanol–water partition coefficient (Wildman–Crippen LogP) is 0.814. The van der Waals surface area contributed by atoms with Crippen LogP contribution in [0.5, 0.6) is 0 Å². The lowest BCUT2D eigenvalue weighted by molar-refractivity contribution is 0.151. The Balaban J connectivity index is 2.21. The van der Waals surface area contributed by atoms with Crippen LogP contribution in [0.3, 0.4) is 0 Å². The monoisotopic (exact) mass is 243 g/mol. The summed E-state index contributed by atoms with van der Waals surface area (Å²) in [6.45, 7) is 7.51. The van der Waals surface area contributed by atoms with E-state index in [0.29, 0.717) is 12.1 Å². The summed E-state index contributed by atoms with van der Waals surface area (Å²) < 4.78 is 5.25. The van der Waals surface area contributed by atoms with Gasteiger partial charge in [0.15, 0.2) is 0 Å². The van der Waals surface area contributed by atoms with Crippen LogP contribution in [0.2, 0.25) is 0 Å². The number of nitrogens with zero attached hydrogens (tertiary/aromatic N) is 1. The van der Waals surface area contributed by atoms with Crippen LogP contribution in [-0.4, -0.2) is 56.9 Å². The van der Waals surface area contributed by atoms with E-state index in [1.165, 1.54) is 25.9 Å². The van der Waals surface area contributed by atoms with Crippen molar-refractivity contribution >= 4 is 0 Å². The van der Waals surface area contributed by atoms with Crippen molar-refractivity contribution in [1.82, 2.24) is 10.2 Å². The fraction of sp³-hybridized carbons (Fsp3) is 1.00. The lowest BCUT2D eigenvalue weighted by Gasteiger charge is -2.26. The molecule has 0 spiro atoms. The van der Waals surface area contributed by atoms with Crippen molar-refractivity contribution in [2.75, 3.05) is 39.9 Å². The quantitative estimate of drug-likeness (QED) is 0.629. The zero-order valence-electron chi connectivity index (χ0n) is 11.5. The van der Waals surface area contributed by atoms with Crippen molar-refractivity contribution in [1.29, 1.82) is 0 Å². The van der Waals surface area contributed by atoms with Gasteiger partial charge in [-0.05, 0) is 52.2 Å². The van der Waals surface area contributed by atoms with Gasteiger partial charge in [-0.2, -0.15) is 0 Å². The summed E-state index contributed by atoms with van der Waals surface area (Å²) in [5.41, 5.74) is 5.56. The lowest BCUT2D eigenvalue weighted by Crippen LogP contribution is -2.45. The van der Waals surface area contributed by atoms with E-state index < -0.39 is 0 Å². The fourth-order valence-corrected chi connectivity index (χ4v) is 2.59. The molecule has 1 aliphatic heterocycles. The molecule has 0 amide bonds. The number of nitrogens with two attached hydrogens (primary N) is 1. The van der Waals surface area contributed by atoms with E-state index in [1.54, 1.807) is 7.11 Å². The van der Waals surface area contributed by atoms with E-state index in [0.717, 1.165) is 32.5 Å². The molecule has 2 atom stereocenters. The minimum Gasteiger partial charge on any atom is -0.383 e. The number of rotatable bonds is 9. The van der Waals surface area contributed by atoms with Crippen molar-refractivity contribution in [2.45, 2.75) is 44.7 Å². The Bertz CT molecular complexity index is 184. The van der Waals surface area contributed by atoms with Gasteiger partial charge >= 0.3 is 0 Å². The largest absolute Gasteiger partial charge is 0.383 e. The van der Waals surface area contributed by atoms with Gasteiger partial charge in [0.05, 0.1) is 6.61 Å². The highest BCUT2D eigenvalue weighted by Gasteiger charge is 2.17. The average molecular weight is 243 g/mol. The number of likely N-dealkylation sites (tertiary alicyclic amines) is 1. The SMILES string of the molecule is COCC(CCCN)NC(C)CN1CCCC1. The highest BCUT2D eigenvalue weighted by atomic mass is 16.5. The van der Waals surface area contributed by atoms with Gasteiger partial charge in [0.1, 0.15) is 0 Å². The Kier molecular flexibility index (Phi) is 7.77. The summed E-state index contributed by atoms with van der Waals surface area (Å²) in [7, 11) is 1.77. The smallest absolute Gasteiger partial charge is 0.0615 e. The maximum absolute atomic E-state index is 5.56. The molecule has 0 bridgehead atoms. The van der Waals surface area contributed by atoms with E-state index in [-0.39, 0.29) is 0 Å². The molecule has 102 valence electrons. The van der Waals surface area contributed by atoms with Gasteiger partial charge in [0.2, 0.25) is 0 Å². The van der Waals surface area contributed by atoms with Gasteiger partial charge in [0.25, 0.3) is 0 Å². The second kappa shape index (κ2) is 8.86. The molecule has 4 heteroatoms. The zero-order chi connectivity index (χ0) is 12.5. The summed E-state index contributed by atoms with van der Waals surface area (Å²) in [5.74, 6) is 0. The number of hydrogen-bond acceptors (Lipinski definition) is 4. The first kappa shape index (κ1) is 14.9. The Morgan fingerprint density at radius 2 is 2.06 bits per heavy atom. The number of nitrogens with one attached hydrogen (secondary N) is 1. The summed E-state index contributed by atoms with van der Waals surface area (Å²) in [5, 5.41) is 3.66. The van der Waals surface area contributed by atoms with Crippen LogP contribution in [0.1, 0.15) is 32.6 Å². The van der Waals surface area contributed by atoms with Crippen molar-refractivity contribution in [3.05, 3.63) is 0 Å². The Hall–Kier alpha value is -0.160. The third-order valence-electron chi connectivity index (χ3n) is 3.38. The Morgan fingerprint density at radius 1 is 1.35 bits per heavy atom. The lowest BCUT2D eigenvalue weighted by atomic mass is 10.1. The minimum atomic E-state index is 0.446. The maximum atomic E-state index is 5.56. The van der Waals surface area contributed by atoms with Crippen molar-refractivity contribution in [2.24, 2.45) is 5.73 Å². The first-order valence-electron chi connectivity index (χ1n) is 6.93. The van der Waals surface area contributed by atoms with Crippen molar-refractivity contribution in [3.63, 3.8) is 0 Å². The molecule has 4 nitrogen and oxygen atoms in total. The van der Waals surface area contributed by atoms with Gasteiger partial charge in [-0.25, -0.2) is 0 Å². The average Bonchev–Trinajstić information content (AvgIpc) is 2.78. The molecule has 1 aliphatic rings. The maximum Gasteiger partial charge on any atom is 0.0615 e. The number of hydrogen-bond donors (Lipinski definition) is 2. The van der Waals surface area contributed by atoms with Crippen LogP contribution in [0.4, 0.5) is 0 Å². The summed E-state index contributed by atoms with van der Waals surface area (Å²) >= 11 is 0. The molecule has 0 saturated carbocycles. The fourth-order valence-electron chi connectivity index (χ4n) is 2.59. The molecular formula is C13H29N3O. The molecule has 1 saturated heterocycles. The molecular weight excluding hydrogens is 214 g/mol.